The molecule has 0 aromatic heterocycles. The molecule has 4 fully saturated rings. The Bertz CT molecular complexity index is 1190. The van der Waals surface area contributed by atoms with Gasteiger partial charge >= 0.3 is 41.6 Å². The molecule has 3 N–H and O–H groups in total. The summed E-state index contributed by atoms with van der Waals surface area (Å²) in [6.45, 7) is 1.79. The normalized spacial score (nSPS) is 24.2. The summed E-state index contributed by atoms with van der Waals surface area (Å²) in [7, 11) is 0. The van der Waals surface area contributed by atoms with Gasteiger partial charge in [-0.2, -0.15) is 10.1 Å². The van der Waals surface area contributed by atoms with Gasteiger partial charge in [0.2, 0.25) is 5.91 Å². The van der Waals surface area contributed by atoms with Crippen LogP contribution in [0.4, 0.5) is 9.59 Å². The van der Waals surface area contributed by atoms with Crippen molar-refractivity contribution in [2.75, 3.05) is 13.1 Å². The first-order valence-corrected chi connectivity index (χ1v) is 13.2. The third-order valence-electron chi connectivity index (χ3n) is 7.54. The number of carbonyl (C=O) groups excluding carboxylic acids is 4. The summed E-state index contributed by atoms with van der Waals surface area (Å²) in [5, 5.41) is 2.82. The molecular formula is C28H33N5NaO7-. The van der Waals surface area contributed by atoms with Gasteiger partial charge in [0.1, 0.15) is 19.3 Å². The first-order chi connectivity index (χ1) is 19.0. The minimum absolute atomic E-state index is 0. The minimum Gasteiger partial charge on any atom is -0.870 e. The SMILES string of the molecule is NC(=O)[C@@H]1CC[C@@H]2CN1C(=O)N2OCc1ccccc1.O=[C-][C@@H]1CC[C@@H]2CN1C(=O)N2OCc1ccccc1.[Na+].[OH-]. The van der Waals surface area contributed by atoms with Gasteiger partial charge in [0.05, 0.1) is 12.1 Å². The molecule has 4 atom stereocenters. The molecule has 4 aliphatic rings. The minimum atomic E-state index is -0.496. The standard InChI is InChI=1S/C14H17N3O3.C14H15N2O3.Na.H2O/c15-13(18)12-7-6-11-8-16(12)14(19)17(11)20-9-10-4-2-1-3-5-10;17-9-13-7-6-12-8-15(13)14(18)16(12)19-10-11-4-2-1-3-5-11;;/h1-5,11-12H,6-9H2,(H2,15,18);1-5,12-13H,6-8,10H2;;1H2/q;-1;+1;/p-1/t11-,12+;12-,13+;;/m11../s1. The van der Waals surface area contributed by atoms with Crippen LogP contribution in [0.15, 0.2) is 60.7 Å². The first-order valence-electron chi connectivity index (χ1n) is 13.2. The molecule has 0 aliphatic carbocycles. The van der Waals surface area contributed by atoms with E-state index >= 15 is 0 Å². The van der Waals surface area contributed by atoms with Crippen molar-refractivity contribution in [2.45, 2.75) is 63.1 Å². The smallest absolute Gasteiger partial charge is 0.870 e. The average molecular weight is 575 g/mol. The van der Waals surface area contributed by atoms with Crippen LogP contribution in [0.5, 0.6) is 0 Å². The van der Waals surface area contributed by atoms with E-state index in [2.05, 4.69) is 0 Å². The number of hydroxylamine groups is 4. The molecule has 214 valence electrons. The molecule has 5 amide bonds. The monoisotopic (exact) mass is 574 g/mol. The predicted molar refractivity (Wildman–Crippen MR) is 141 cm³/mol. The Morgan fingerprint density at radius 1 is 0.780 bits per heavy atom. The fourth-order valence-corrected chi connectivity index (χ4v) is 5.45. The van der Waals surface area contributed by atoms with Crippen LogP contribution in [-0.2, 0) is 32.5 Å². The maximum absolute atomic E-state index is 12.2. The van der Waals surface area contributed by atoms with Crippen LogP contribution in [0.3, 0.4) is 0 Å². The summed E-state index contributed by atoms with van der Waals surface area (Å²) in [6.07, 6.45) is 4.74. The number of amides is 5. The van der Waals surface area contributed by atoms with E-state index in [1.54, 1.807) is 4.90 Å². The van der Waals surface area contributed by atoms with Gasteiger partial charge in [0, 0.05) is 13.1 Å². The van der Waals surface area contributed by atoms with Gasteiger partial charge in [0.25, 0.3) is 0 Å². The third-order valence-corrected chi connectivity index (χ3v) is 7.54. The topological polar surface area (TPSA) is 156 Å². The molecule has 2 aromatic carbocycles. The second-order valence-corrected chi connectivity index (χ2v) is 10.1. The Kier molecular flexibility index (Phi) is 11.7. The number of piperidine rings is 2. The quantitative estimate of drug-likeness (QED) is 0.320. The van der Waals surface area contributed by atoms with E-state index in [4.69, 9.17) is 15.4 Å². The second kappa shape index (κ2) is 14.8. The molecule has 0 unspecified atom stereocenters. The zero-order valence-electron chi connectivity index (χ0n) is 23.0. The average Bonchev–Trinajstić information content (AvgIpc) is 3.35. The summed E-state index contributed by atoms with van der Waals surface area (Å²) in [5.74, 6) is -0.443. The summed E-state index contributed by atoms with van der Waals surface area (Å²) < 4.78 is 0. The summed E-state index contributed by atoms with van der Waals surface area (Å²) in [4.78, 5) is 60.8. The van der Waals surface area contributed by atoms with Crippen LogP contribution in [-0.4, -0.2) is 86.9 Å². The Morgan fingerprint density at radius 3 is 1.73 bits per heavy atom. The number of primary amides is 1. The van der Waals surface area contributed by atoms with Crippen molar-refractivity contribution in [2.24, 2.45) is 5.73 Å². The molecular weight excluding hydrogens is 541 g/mol. The van der Waals surface area contributed by atoms with Crippen molar-refractivity contribution >= 4 is 24.3 Å². The van der Waals surface area contributed by atoms with Gasteiger partial charge in [-0.25, -0.2) is 15.9 Å². The van der Waals surface area contributed by atoms with Gasteiger partial charge in [-0.1, -0.05) is 73.1 Å². The number of hydrogen-bond donors (Lipinski definition) is 1. The number of urea groups is 2. The van der Waals surface area contributed by atoms with E-state index in [1.807, 2.05) is 66.9 Å². The van der Waals surface area contributed by atoms with Crippen molar-refractivity contribution in [1.29, 1.82) is 0 Å². The zero-order chi connectivity index (χ0) is 27.4. The summed E-state index contributed by atoms with van der Waals surface area (Å²) in [5.41, 5.74) is 7.35. The first kappa shape index (κ1) is 32.5. The number of nitrogens with zero attached hydrogens (tertiary/aromatic N) is 4. The number of fused-ring (bicyclic) bond motifs is 4. The fraction of sp³-hybridized carbons (Fsp3) is 0.429. The predicted octanol–water partition coefficient (Wildman–Crippen LogP) is -0.804. The van der Waals surface area contributed by atoms with Crippen molar-refractivity contribution < 1.29 is 63.9 Å². The van der Waals surface area contributed by atoms with Crippen LogP contribution in [0.2, 0.25) is 0 Å². The fourth-order valence-electron chi connectivity index (χ4n) is 5.45. The Labute approximate surface area is 260 Å². The van der Waals surface area contributed by atoms with E-state index in [0.29, 0.717) is 39.1 Å². The molecule has 13 heteroatoms. The molecule has 0 saturated carbocycles. The molecule has 4 bridgehead atoms. The third kappa shape index (κ3) is 7.26. The van der Waals surface area contributed by atoms with Gasteiger partial charge in [-0.15, -0.1) is 0 Å². The molecule has 4 saturated heterocycles. The van der Waals surface area contributed by atoms with Crippen molar-refractivity contribution in [1.82, 2.24) is 19.9 Å². The molecule has 6 rings (SSSR count). The van der Waals surface area contributed by atoms with Crippen LogP contribution in [0.1, 0.15) is 36.8 Å². The Morgan fingerprint density at radius 2 is 1.24 bits per heavy atom. The zero-order valence-corrected chi connectivity index (χ0v) is 25.0. The maximum atomic E-state index is 12.2. The molecule has 0 radical (unpaired) electrons. The number of carbonyl (C=O) groups is 3. The number of rotatable bonds is 8. The van der Waals surface area contributed by atoms with Crippen molar-refractivity contribution in [3.8, 4) is 0 Å². The van der Waals surface area contributed by atoms with Crippen molar-refractivity contribution in [3.05, 3.63) is 71.8 Å². The molecule has 2 aromatic rings. The molecule has 4 heterocycles. The van der Waals surface area contributed by atoms with E-state index in [1.165, 1.54) is 15.0 Å². The van der Waals surface area contributed by atoms with E-state index in [9.17, 15) is 19.2 Å². The second-order valence-electron chi connectivity index (χ2n) is 10.1. The Hall–Kier alpha value is -3.00. The van der Waals surface area contributed by atoms with E-state index in [-0.39, 0.29) is 59.2 Å². The molecule has 12 nitrogen and oxygen atoms in total. The summed E-state index contributed by atoms with van der Waals surface area (Å²) in [6, 6.07) is 18.1. The van der Waals surface area contributed by atoms with Crippen molar-refractivity contribution in [3.63, 3.8) is 0 Å². The van der Waals surface area contributed by atoms with Crippen LogP contribution < -0.4 is 35.3 Å². The van der Waals surface area contributed by atoms with Gasteiger partial charge in [-0.05, 0) is 30.4 Å². The Balaban J connectivity index is 0.000000215. The number of benzene rings is 2. The maximum Gasteiger partial charge on any atom is 1.00 e. The van der Waals surface area contributed by atoms with Gasteiger partial charge < -0.3 is 25.8 Å². The van der Waals surface area contributed by atoms with E-state index in [0.717, 1.165) is 24.0 Å². The van der Waals surface area contributed by atoms with Crippen LogP contribution >= 0.6 is 0 Å². The van der Waals surface area contributed by atoms with E-state index < -0.39 is 18.0 Å². The van der Waals surface area contributed by atoms with Gasteiger partial charge in [0.15, 0.2) is 0 Å². The number of nitrogens with two attached hydrogens (primary N) is 1. The molecule has 0 spiro atoms. The molecule has 4 aliphatic heterocycles. The van der Waals surface area contributed by atoms with Gasteiger partial charge in [-0.3, -0.25) is 14.5 Å². The van der Waals surface area contributed by atoms with Crippen LogP contribution in [0, 0.1) is 0 Å². The van der Waals surface area contributed by atoms with Crippen LogP contribution in [0.25, 0.3) is 0 Å². The summed E-state index contributed by atoms with van der Waals surface area (Å²) >= 11 is 0. The largest absolute Gasteiger partial charge is 1.00 e. The number of hydrogen-bond acceptors (Lipinski definition) is 7. The molecule has 41 heavy (non-hydrogen) atoms.